The van der Waals surface area contributed by atoms with Crippen LogP contribution in [-0.2, 0) is 10.0 Å². The van der Waals surface area contributed by atoms with Gasteiger partial charge in [0, 0.05) is 18.3 Å². The van der Waals surface area contributed by atoms with E-state index in [2.05, 4.69) is 4.98 Å². The van der Waals surface area contributed by atoms with Crippen LogP contribution in [0.3, 0.4) is 0 Å². The minimum Gasteiger partial charge on any atom is -0.266 e. The Labute approximate surface area is 119 Å². The Bertz CT molecular complexity index is 790. The average molecular weight is 307 g/mol. The van der Waals surface area contributed by atoms with Crippen molar-refractivity contribution in [2.75, 3.05) is 0 Å². The van der Waals surface area contributed by atoms with Crippen LogP contribution in [0.5, 0.6) is 0 Å². The normalized spacial score (nSPS) is 10.9. The molecule has 0 aliphatic rings. The SMILES string of the molecule is O=C(NS(=O)(=O)c1cccc([N+](=O)[O-])c1)c1ccccn1. The van der Waals surface area contributed by atoms with Gasteiger partial charge in [-0.05, 0) is 18.2 Å². The Morgan fingerprint density at radius 1 is 1.19 bits per heavy atom. The number of nitro benzene ring substituents is 1. The van der Waals surface area contributed by atoms with Crippen molar-refractivity contribution in [3.05, 3.63) is 64.5 Å². The molecule has 1 amide bonds. The van der Waals surface area contributed by atoms with Gasteiger partial charge in [-0.1, -0.05) is 12.1 Å². The number of rotatable bonds is 4. The third kappa shape index (κ3) is 3.39. The monoisotopic (exact) mass is 307 g/mol. The van der Waals surface area contributed by atoms with Crippen LogP contribution < -0.4 is 4.72 Å². The van der Waals surface area contributed by atoms with Gasteiger partial charge in [-0.15, -0.1) is 0 Å². The predicted octanol–water partition coefficient (Wildman–Crippen LogP) is 1.11. The zero-order valence-electron chi connectivity index (χ0n) is 10.5. The fourth-order valence-corrected chi connectivity index (χ4v) is 2.49. The summed E-state index contributed by atoms with van der Waals surface area (Å²) < 4.78 is 25.8. The Morgan fingerprint density at radius 2 is 1.95 bits per heavy atom. The predicted molar refractivity (Wildman–Crippen MR) is 72.0 cm³/mol. The zero-order chi connectivity index (χ0) is 15.5. The molecular weight excluding hydrogens is 298 g/mol. The number of pyridine rings is 1. The van der Waals surface area contributed by atoms with Crippen molar-refractivity contribution in [2.45, 2.75) is 4.90 Å². The summed E-state index contributed by atoms with van der Waals surface area (Å²) in [6.07, 6.45) is 1.34. The molecule has 0 radical (unpaired) electrons. The first-order chi connectivity index (χ1) is 9.90. The fourth-order valence-electron chi connectivity index (χ4n) is 1.49. The largest absolute Gasteiger partial charge is 0.283 e. The van der Waals surface area contributed by atoms with Crippen molar-refractivity contribution in [3.63, 3.8) is 0 Å². The zero-order valence-corrected chi connectivity index (χ0v) is 11.3. The summed E-state index contributed by atoms with van der Waals surface area (Å²) in [5.41, 5.74) is -0.463. The Morgan fingerprint density at radius 3 is 2.57 bits per heavy atom. The molecule has 0 fully saturated rings. The molecule has 0 aliphatic heterocycles. The summed E-state index contributed by atoms with van der Waals surface area (Å²) in [6, 6.07) is 8.85. The maximum absolute atomic E-state index is 12.0. The highest BCUT2D eigenvalue weighted by Crippen LogP contribution is 2.17. The van der Waals surface area contributed by atoms with Gasteiger partial charge in [-0.2, -0.15) is 0 Å². The van der Waals surface area contributed by atoms with E-state index in [-0.39, 0.29) is 16.3 Å². The molecule has 1 heterocycles. The molecule has 0 spiro atoms. The first-order valence-electron chi connectivity index (χ1n) is 5.63. The molecular formula is C12H9N3O5S. The third-order valence-electron chi connectivity index (χ3n) is 2.46. The summed E-state index contributed by atoms with van der Waals surface area (Å²) in [7, 11) is -4.21. The number of nitrogens with zero attached hydrogens (tertiary/aromatic N) is 2. The second-order valence-electron chi connectivity index (χ2n) is 3.90. The summed E-state index contributed by atoms with van der Waals surface area (Å²) in [6.45, 7) is 0. The van der Waals surface area contributed by atoms with Gasteiger partial charge in [0.1, 0.15) is 5.69 Å². The lowest BCUT2D eigenvalue weighted by atomic mass is 10.3. The number of amides is 1. The highest BCUT2D eigenvalue weighted by atomic mass is 32.2. The number of carbonyl (C=O) groups excluding carboxylic acids is 1. The van der Waals surface area contributed by atoms with Crippen molar-refractivity contribution < 1.29 is 18.1 Å². The molecule has 0 atom stereocenters. The highest BCUT2D eigenvalue weighted by molar-refractivity contribution is 7.90. The van der Waals surface area contributed by atoms with Gasteiger partial charge in [-0.25, -0.2) is 13.1 Å². The first-order valence-corrected chi connectivity index (χ1v) is 7.11. The van der Waals surface area contributed by atoms with E-state index in [9.17, 15) is 23.3 Å². The summed E-state index contributed by atoms with van der Waals surface area (Å²) in [5.74, 6) is -0.915. The van der Waals surface area contributed by atoms with Crippen LogP contribution in [0.1, 0.15) is 10.5 Å². The lowest BCUT2D eigenvalue weighted by Crippen LogP contribution is -2.31. The number of aromatic nitrogens is 1. The fraction of sp³-hybridized carbons (Fsp3) is 0. The number of benzene rings is 1. The Balaban J connectivity index is 2.29. The highest BCUT2D eigenvalue weighted by Gasteiger charge is 2.21. The van der Waals surface area contributed by atoms with Crippen LogP contribution >= 0.6 is 0 Å². The molecule has 108 valence electrons. The maximum atomic E-state index is 12.0. The van der Waals surface area contributed by atoms with Crippen LogP contribution in [-0.4, -0.2) is 24.2 Å². The molecule has 0 saturated heterocycles. The average Bonchev–Trinajstić information content (AvgIpc) is 2.48. The van der Waals surface area contributed by atoms with E-state index in [1.165, 1.54) is 24.4 Å². The molecule has 0 bridgehead atoms. The van der Waals surface area contributed by atoms with Crippen molar-refractivity contribution in [3.8, 4) is 0 Å². The van der Waals surface area contributed by atoms with E-state index >= 15 is 0 Å². The third-order valence-corrected chi connectivity index (χ3v) is 3.79. The van der Waals surface area contributed by atoms with Gasteiger partial charge in [-0.3, -0.25) is 19.9 Å². The van der Waals surface area contributed by atoms with Gasteiger partial charge in [0.15, 0.2) is 0 Å². The molecule has 2 rings (SSSR count). The molecule has 1 aromatic carbocycles. The second kappa shape index (κ2) is 5.67. The topological polar surface area (TPSA) is 119 Å². The number of carbonyl (C=O) groups is 1. The van der Waals surface area contributed by atoms with Crippen molar-refractivity contribution in [1.82, 2.24) is 9.71 Å². The van der Waals surface area contributed by atoms with Crippen LogP contribution in [0.4, 0.5) is 5.69 Å². The number of nitro groups is 1. The minimum absolute atomic E-state index is 0.0773. The molecule has 9 heteroatoms. The smallest absolute Gasteiger partial charge is 0.266 e. The van der Waals surface area contributed by atoms with Crippen LogP contribution in [0.2, 0.25) is 0 Å². The van der Waals surface area contributed by atoms with Crippen molar-refractivity contribution in [2.24, 2.45) is 0 Å². The van der Waals surface area contributed by atoms with E-state index in [4.69, 9.17) is 0 Å². The van der Waals surface area contributed by atoms with E-state index in [0.717, 1.165) is 18.2 Å². The lowest BCUT2D eigenvalue weighted by Gasteiger charge is -2.06. The number of hydrogen-bond donors (Lipinski definition) is 1. The molecule has 0 aliphatic carbocycles. The standard InChI is InChI=1S/C12H9N3O5S/c16-12(11-6-1-2-7-13-11)14-21(19,20)10-5-3-4-9(8-10)15(17)18/h1-8H,(H,14,16). The summed E-state index contributed by atoms with van der Waals surface area (Å²) >= 11 is 0. The number of hydrogen-bond acceptors (Lipinski definition) is 6. The molecule has 21 heavy (non-hydrogen) atoms. The molecule has 0 saturated carbocycles. The van der Waals surface area contributed by atoms with Crippen LogP contribution in [0.15, 0.2) is 53.6 Å². The molecule has 1 aromatic heterocycles. The first kappa shape index (κ1) is 14.6. The van der Waals surface area contributed by atoms with Crippen LogP contribution in [0.25, 0.3) is 0 Å². The Hall–Kier alpha value is -2.81. The van der Waals surface area contributed by atoms with E-state index in [0.29, 0.717) is 0 Å². The second-order valence-corrected chi connectivity index (χ2v) is 5.59. The summed E-state index contributed by atoms with van der Waals surface area (Å²) in [4.78, 5) is 25.0. The number of nitrogens with one attached hydrogen (secondary N) is 1. The molecule has 2 aromatic rings. The maximum Gasteiger partial charge on any atom is 0.283 e. The van der Waals surface area contributed by atoms with Crippen molar-refractivity contribution >= 4 is 21.6 Å². The molecule has 1 N–H and O–H groups in total. The van der Waals surface area contributed by atoms with Gasteiger partial charge in [0.2, 0.25) is 0 Å². The minimum atomic E-state index is -4.21. The number of non-ortho nitro benzene ring substituents is 1. The number of sulfonamides is 1. The quantitative estimate of drug-likeness (QED) is 0.667. The van der Waals surface area contributed by atoms with Crippen molar-refractivity contribution in [1.29, 1.82) is 0 Å². The lowest BCUT2D eigenvalue weighted by molar-refractivity contribution is -0.385. The van der Waals surface area contributed by atoms with Crippen LogP contribution in [0, 0.1) is 10.1 Å². The van der Waals surface area contributed by atoms with Gasteiger partial charge >= 0.3 is 0 Å². The molecule has 8 nitrogen and oxygen atoms in total. The van der Waals surface area contributed by atoms with Gasteiger partial charge in [0.25, 0.3) is 21.6 Å². The summed E-state index contributed by atoms with van der Waals surface area (Å²) in [5, 5.41) is 10.6. The van der Waals surface area contributed by atoms with E-state index < -0.39 is 20.9 Å². The van der Waals surface area contributed by atoms with Gasteiger partial charge < -0.3 is 0 Å². The Kier molecular flexibility index (Phi) is 3.94. The van der Waals surface area contributed by atoms with E-state index in [1.54, 1.807) is 10.8 Å². The van der Waals surface area contributed by atoms with E-state index in [1.807, 2.05) is 0 Å². The molecule has 0 unspecified atom stereocenters. The van der Waals surface area contributed by atoms with Gasteiger partial charge in [0.05, 0.1) is 9.82 Å².